The predicted molar refractivity (Wildman–Crippen MR) is 136 cm³/mol. The average Bonchev–Trinajstić information content (AvgIpc) is 3.58. The molecule has 4 aromatic rings. The Morgan fingerprint density at radius 2 is 1.78 bits per heavy atom. The van der Waals surface area contributed by atoms with Gasteiger partial charge in [-0.1, -0.05) is 66.9 Å². The highest BCUT2D eigenvalue weighted by molar-refractivity contribution is 5.89. The normalized spacial score (nSPS) is 15.0. The van der Waals surface area contributed by atoms with Crippen LogP contribution in [0.4, 0.5) is 0 Å². The molecule has 0 unspecified atom stereocenters. The molecule has 2 amide bonds. The minimum atomic E-state index is -0.868. The van der Waals surface area contributed by atoms with Crippen molar-refractivity contribution in [3.63, 3.8) is 0 Å². The average molecular weight is 486 g/mol. The van der Waals surface area contributed by atoms with Gasteiger partial charge in [0, 0.05) is 12.6 Å². The summed E-state index contributed by atoms with van der Waals surface area (Å²) in [6, 6.07) is 20.3. The van der Waals surface area contributed by atoms with E-state index in [1.54, 1.807) is 28.0 Å². The molecule has 0 bridgehead atoms. The molecule has 5 rings (SSSR count). The lowest BCUT2D eigenvalue weighted by molar-refractivity contribution is -0.142. The first-order valence-corrected chi connectivity index (χ1v) is 12.6. The molecule has 1 N–H and O–H groups in total. The van der Waals surface area contributed by atoms with Crippen molar-refractivity contribution in [2.45, 2.75) is 57.2 Å². The third kappa shape index (κ3) is 5.48. The number of para-hydroxylation sites is 1. The molecule has 1 fully saturated rings. The van der Waals surface area contributed by atoms with E-state index in [1.165, 1.54) is 6.42 Å². The van der Waals surface area contributed by atoms with Crippen molar-refractivity contribution in [3.8, 4) is 0 Å². The molecular formula is C28H31N5O3. The van der Waals surface area contributed by atoms with Crippen molar-refractivity contribution in [2.24, 2.45) is 0 Å². The fourth-order valence-corrected chi connectivity index (χ4v) is 4.94. The maximum absolute atomic E-state index is 13.8. The summed E-state index contributed by atoms with van der Waals surface area (Å²) in [7, 11) is 0. The van der Waals surface area contributed by atoms with E-state index < -0.39 is 6.04 Å². The molecule has 2 aromatic heterocycles. The molecule has 2 heterocycles. The fourth-order valence-electron chi connectivity index (χ4n) is 4.94. The number of furan rings is 1. The summed E-state index contributed by atoms with van der Waals surface area (Å²) in [5, 5.41) is 11.6. The number of aromatic nitrogens is 3. The highest BCUT2D eigenvalue weighted by Crippen LogP contribution is 2.25. The van der Waals surface area contributed by atoms with E-state index >= 15 is 0 Å². The first-order valence-electron chi connectivity index (χ1n) is 12.6. The van der Waals surface area contributed by atoms with E-state index in [0.717, 1.165) is 42.3 Å². The smallest absolute Gasteiger partial charge is 0.250 e. The molecule has 0 radical (unpaired) electrons. The number of carbonyl (C=O) groups excluding carboxylic acids is 2. The van der Waals surface area contributed by atoms with E-state index in [2.05, 4.69) is 15.6 Å². The van der Waals surface area contributed by atoms with Crippen LogP contribution in [0.15, 0.2) is 77.4 Å². The van der Waals surface area contributed by atoms with Crippen LogP contribution in [0.25, 0.3) is 11.0 Å². The summed E-state index contributed by atoms with van der Waals surface area (Å²) in [5.74, 6) is 0.0247. The second kappa shape index (κ2) is 11.2. The molecule has 36 heavy (non-hydrogen) atoms. The number of nitrogens with zero attached hydrogens (tertiary/aromatic N) is 4. The molecule has 0 spiro atoms. The lowest BCUT2D eigenvalue weighted by atomic mass is 9.95. The Morgan fingerprint density at radius 1 is 1.00 bits per heavy atom. The van der Waals surface area contributed by atoms with Gasteiger partial charge in [0.15, 0.2) is 6.04 Å². The van der Waals surface area contributed by atoms with Crippen LogP contribution in [-0.4, -0.2) is 44.3 Å². The minimum Gasteiger partial charge on any atom is -0.467 e. The first kappa shape index (κ1) is 23.8. The van der Waals surface area contributed by atoms with E-state index in [9.17, 15) is 9.59 Å². The molecule has 1 aliphatic carbocycles. The number of rotatable bonds is 9. The van der Waals surface area contributed by atoms with Crippen LogP contribution in [0, 0.1) is 0 Å². The minimum absolute atomic E-state index is 0.0246. The van der Waals surface area contributed by atoms with E-state index in [0.29, 0.717) is 18.7 Å². The van der Waals surface area contributed by atoms with Gasteiger partial charge in [-0.25, -0.2) is 4.68 Å². The predicted octanol–water partition coefficient (Wildman–Crippen LogP) is 4.29. The van der Waals surface area contributed by atoms with E-state index in [-0.39, 0.29) is 24.4 Å². The molecular weight excluding hydrogens is 454 g/mol. The monoisotopic (exact) mass is 485 g/mol. The van der Waals surface area contributed by atoms with Crippen LogP contribution >= 0.6 is 0 Å². The second-order valence-corrected chi connectivity index (χ2v) is 9.32. The zero-order valence-corrected chi connectivity index (χ0v) is 20.3. The van der Waals surface area contributed by atoms with Crippen LogP contribution in [-0.2, 0) is 22.6 Å². The number of hydrogen-bond acceptors (Lipinski definition) is 5. The van der Waals surface area contributed by atoms with Gasteiger partial charge < -0.3 is 14.6 Å². The number of benzene rings is 2. The zero-order chi connectivity index (χ0) is 24.7. The molecule has 186 valence electrons. The number of amides is 2. The van der Waals surface area contributed by atoms with Crippen molar-refractivity contribution < 1.29 is 14.0 Å². The number of carbonyl (C=O) groups is 2. The van der Waals surface area contributed by atoms with E-state index in [1.807, 2.05) is 54.6 Å². The Balaban J connectivity index is 1.44. The Bertz CT molecular complexity index is 1280. The van der Waals surface area contributed by atoms with Crippen molar-refractivity contribution in [3.05, 3.63) is 84.3 Å². The third-order valence-corrected chi connectivity index (χ3v) is 6.83. The van der Waals surface area contributed by atoms with E-state index in [4.69, 9.17) is 4.42 Å². The summed E-state index contributed by atoms with van der Waals surface area (Å²) in [5.41, 5.74) is 2.58. The maximum Gasteiger partial charge on any atom is 0.250 e. The van der Waals surface area contributed by atoms with Gasteiger partial charge in [0.2, 0.25) is 5.91 Å². The summed E-state index contributed by atoms with van der Waals surface area (Å²) in [4.78, 5) is 29.1. The number of fused-ring (bicyclic) bond motifs is 1. The van der Waals surface area contributed by atoms with Gasteiger partial charge in [-0.2, -0.15) is 0 Å². The summed E-state index contributed by atoms with van der Waals surface area (Å²) in [6.45, 7) is 0.335. The van der Waals surface area contributed by atoms with Crippen LogP contribution in [0.5, 0.6) is 0 Å². The van der Waals surface area contributed by atoms with Crippen LogP contribution in [0.3, 0.4) is 0 Å². The van der Waals surface area contributed by atoms with Gasteiger partial charge >= 0.3 is 0 Å². The largest absolute Gasteiger partial charge is 0.467 e. The van der Waals surface area contributed by atoms with Crippen LogP contribution < -0.4 is 5.32 Å². The van der Waals surface area contributed by atoms with Gasteiger partial charge in [-0.05, 0) is 49.1 Å². The number of nitrogens with one attached hydrogen (secondary N) is 1. The van der Waals surface area contributed by atoms with Gasteiger partial charge in [-0.15, -0.1) is 5.10 Å². The molecule has 0 saturated heterocycles. The van der Waals surface area contributed by atoms with Gasteiger partial charge in [0.05, 0.1) is 11.8 Å². The standard InChI is InChI=1S/C28H31N5O3/c34-26(20-33-24-15-8-7-14-23(24)30-31-33)32(18-17-21-10-3-1-4-11-21)27(25-16-9-19-36-25)28(35)29-22-12-5-2-6-13-22/h1,3-4,7-11,14-16,19,22,27H,2,5-6,12-13,17-18,20H2,(H,29,35)/t27-/m1/s1. The molecule has 2 aromatic carbocycles. The van der Waals surface area contributed by atoms with Crippen molar-refractivity contribution in [2.75, 3.05) is 6.54 Å². The lowest BCUT2D eigenvalue weighted by Crippen LogP contribution is -2.48. The van der Waals surface area contributed by atoms with Crippen molar-refractivity contribution in [1.29, 1.82) is 0 Å². The van der Waals surface area contributed by atoms with Crippen LogP contribution in [0.2, 0.25) is 0 Å². The lowest BCUT2D eigenvalue weighted by Gasteiger charge is -2.32. The third-order valence-electron chi connectivity index (χ3n) is 6.83. The van der Waals surface area contributed by atoms with Crippen LogP contribution in [0.1, 0.15) is 49.5 Å². The summed E-state index contributed by atoms with van der Waals surface area (Å²) < 4.78 is 7.29. The topological polar surface area (TPSA) is 93.3 Å². The molecule has 1 atom stereocenters. The number of hydrogen-bond donors (Lipinski definition) is 1. The second-order valence-electron chi connectivity index (χ2n) is 9.32. The Kier molecular flexibility index (Phi) is 7.40. The summed E-state index contributed by atoms with van der Waals surface area (Å²) >= 11 is 0. The molecule has 8 nitrogen and oxygen atoms in total. The molecule has 1 saturated carbocycles. The summed E-state index contributed by atoms with van der Waals surface area (Å²) in [6.07, 6.45) is 7.47. The maximum atomic E-state index is 13.8. The molecule has 1 aliphatic rings. The van der Waals surface area contributed by atoms with Gasteiger partial charge in [-0.3, -0.25) is 9.59 Å². The quantitative estimate of drug-likeness (QED) is 0.382. The highest BCUT2D eigenvalue weighted by Gasteiger charge is 2.35. The highest BCUT2D eigenvalue weighted by atomic mass is 16.3. The fraction of sp³-hybridized carbons (Fsp3) is 0.357. The van der Waals surface area contributed by atoms with Crippen molar-refractivity contribution in [1.82, 2.24) is 25.2 Å². The van der Waals surface area contributed by atoms with Crippen molar-refractivity contribution >= 4 is 22.8 Å². The Hall–Kier alpha value is -3.94. The van der Waals surface area contributed by atoms with Gasteiger partial charge in [0.25, 0.3) is 5.91 Å². The molecule has 0 aliphatic heterocycles. The Labute approximate surface area is 210 Å². The van der Waals surface area contributed by atoms with Gasteiger partial charge in [0.1, 0.15) is 17.8 Å². The molecule has 8 heteroatoms. The SMILES string of the molecule is O=C(NC1CCCCC1)[C@@H](c1ccco1)N(CCc1ccccc1)C(=O)Cn1nnc2ccccc21. The zero-order valence-electron chi connectivity index (χ0n) is 20.3. The first-order chi connectivity index (χ1) is 17.7. The Morgan fingerprint density at radius 3 is 2.56 bits per heavy atom.